The molecule has 0 radical (unpaired) electrons. The van der Waals surface area contributed by atoms with Gasteiger partial charge in [0.1, 0.15) is 0 Å². The number of hydrogen-bond acceptors (Lipinski definition) is 4. The van der Waals surface area contributed by atoms with Crippen molar-refractivity contribution < 1.29 is 5.11 Å². The first-order valence-electron chi connectivity index (χ1n) is 5.59. The molecule has 0 bridgehead atoms. The maximum absolute atomic E-state index is 9.06. The van der Waals surface area contributed by atoms with Crippen molar-refractivity contribution in [2.75, 3.05) is 11.9 Å². The van der Waals surface area contributed by atoms with Crippen LogP contribution in [0, 0.1) is 6.92 Å². The number of aromatic nitrogens is 2. The summed E-state index contributed by atoms with van der Waals surface area (Å²) in [5.41, 5.74) is 1.66. The van der Waals surface area contributed by atoms with Gasteiger partial charge in [-0.1, -0.05) is 6.92 Å². The van der Waals surface area contributed by atoms with Crippen LogP contribution in [-0.4, -0.2) is 27.7 Å². The fourth-order valence-electron chi connectivity index (χ4n) is 1.30. The molecule has 0 saturated heterocycles. The van der Waals surface area contributed by atoms with Crippen LogP contribution in [0.5, 0.6) is 0 Å². The molecule has 0 spiro atoms. The molecular formula is C12H21N3O. The second-order valence-electron chi connectivity index (χ2n) is 4.66. The largest absolute Gasteiger partial charge is 0.392 e. The molecule has 0 aliphatic heterocycles. The predicted molar refractivity (Wildman–Crippen MR) is 65.5 cm³/mol. The molecule has 1 N–H and O–H groups in total. The molecule has 0 unspecified atom stereocenters. The van der Waals surface area contributed by atoms with Gasteiger partial charge in [-0.15, -0.1) is 0 Å². The van der Waals surface area contributed by atoms with Gasteiger partial charge >= 0.3 is 0 Å². The zero-order valence-corrected chi connectivity index (χ0v) is 10.8. The Morgan fingerprint density at radius 3 is 2.50 bits per heavy atom. The second-order valence-corrected chi connectivity index (χ2v) is 4.66. The van der Waals surface area contributed by atoms with E-state index < -0.39 is 0 Å². The molecule has 0 aliphatic carbocycles. The average Bonchev–Trinajstić information content (AvgIpc) is 2.27. The van der Waals surface area contributed by atoms with Gasteiger partial charge in [-0.25, -0.2) is 9.97 Å². The molecule has 90 valence electrons. The van der Waals surface area contributed by atoms with Gasteiger partial charge in [-0.3, -0.25) is 0 Å². The van der Waals surface area contributed by atoms with E-state index in [4.69, 9.17) is 5.11 Å². The van der Waals surface area contributed by atoms with E-state index in [0.29, 0.717) is 5.95 Å². The van der Waals surface area contributed by atoms with Crippen LogP contribution in [0.2, 0.25) is 0 Å². The fourth-order valence-corrected chi connectivity index (χ4v) is 1.30. The van der Waals surface area contributed by atoms with Crippen LogP contribution in [0.1, 0.15) is 38.4 Å². The number of nitrogens with zero attached hydrogens (tertiary/aromatic N) is 3. The van der Waals surface area contributed by atoms with Crippen LogP contribution in [0.15, 0.2) is 6.20 Å². The summed E-state index contributed by atoms with van der Waals surface area (Å²) in [5.74, 6) is 0.710. The van der Waals surface area contributed by atoms with Crippen molar-refractivity contribution in [2.24, 2.45) is 0 Å². The third-order valence-corrected chi connectivity index (χ3v) is 3.31. The summed E-state index contributed by atoms with van der Waals surface area (Å²) in [4.78, 5) is 10.8. The molecule has 0 aliphatic rings. The first-order chi connectivity index (χ1) is 7.42. The molecule has 0 aromatic carbocycles. The summed E-state index contributed by atoms with van der Waals surface area (Å²) >= 11 is 0. The van der Waals surface area contributed by atoms with Crippen LogP contribution in [0.4, 0.5) is 5.95 Å². The highest BCUT2D eigenvalue weighted by Gasteiger charge is 2.23. The first-order valence-corrected chi connectivity index (χ1v) is 5.59. The van der Waals surface area contributed by atoms with Gasteiger partial charge in [-0.05, 0) is 27.2 Å². The van der Waals surface area contributed by atoms with Crippen molar-refractivity contribution in [1.29, 1.82) is 0 Å². The minimum Gasteiger partial charge on any atom is -0.392 e. The number of aliphatic hydroxyl groups excluding tert-OH is 1. The topological polar surface area (TPSA) is 49.2 Å². The Labute approximate surface area is 97.3 Å². The molecule has 4 nitrogen and oxygen atoms in total. The molecule has 0 atom stereocenters. The SMILES string of the molecule is CCC(C)(C)N(C)c1ncc(CO)c(C)n1. The van der Waals surface area contributed by atoms with Crippen molar-refractivity contribution in [3.8, 4) is 0 Å². The van der Waals surface area contributed by atoms with Crippen LogP contribution in [-0.2, 0) is 6.61 Å². The Balaban J connectivity index is 3.02. The summed E-state index contributed by atoms with van der Waals surface area (Å²) < 4.78 is 0. The highest BCUT2D eigenvalue weighted by atomic mass is 16.3. The van der Waals surface area contributed by atoms with E-state index in [-0.39, 0.29) is 12.1 Å². The molecule has 1 rings (SSSR count). The van der Waals surface area contributed by atoms with Crippen molar-refractivity contribution in [3.63, 3.8) is 0 Å². The maximum Gasteiger partial charge on any atom is 0.225 e. The monoisotopic (exact) mass is 223 g/mol. The van der Waals surface area contributed by atoms with E-state index >= 15 is 0 Å². The Bertz CT molecular complexity index is 363. The molecule has 1 heterocycles. The molecule has 0 fully saturated rings. The van der Waals surface area contributed by atoms with E-state index in [0.717, 1.165) is 17.7 Å². The van der Waals surface area contributed by atoms with Crippen molar-refractivity contribution in [1.82, 2.24) is 9.97 Å². The number of hydrogen-bond donors (Lipinski definition) is 1. The van der Waals surface area contributed by atoms with Crippen molar-refractivity contribution >= 4 is 5.95 Å². The minimum atomic E-state index is -0.00695. The van der Waals surface area contributed by atoms with Gasteiger partial charge < -0.3 is 10.0 Å². The standard InChI is InChI=1S/C12H21N3O/c1-6-12(3,4)15(5)11-13-7-10(8-16)9(2)14-11/h7,16H,6,8H2,1-5H3. The predicted octanol–water partition coefficient (Wildman–Crippen LogP) is 1.90. The molecule has 1 aromatic heterocycles. The highest BCUT2D eigenvalue weighted by molar-refractivity contribution is 5.34. The number of aryl methyl sites for hydroxylation is 1. The van der Waals surface area contributed by atoms with Crippen molar-refractivity contribution in [2.45, 2.75) is 46.3 Å². The summed E-state index contributed by atoms with van der Waals surface area (Å²) in [7, 11) is 2.00. The third-order valence-electron chi connectivity index (χ3n) is 3.31. The van der Waals surface area contributed by atoms with Gasteiger partial charge in [0.2, 0.25) is 5.95 Å². The lowest BCUT2D eigenvalue weighted by Gasteiger charge is -2.35. The van der Waals surface area contributed by atoms with E-state index in [9.17, 15) is 0 Å². The third kappa shape index (κ3) is 2.50. The van der Waals surface area contributed by atoms with Crippen LogP contribution < -0.4 is 4.90 Å². The van der Waals surface area contributed by atoms with Gasteiger partial charge in [0.25, 0.3) is 0 Å². The lowest BCUT2D eigenvalue weighted by molar-refractivity contribution is 0.280. The van der Waals surface area contributed by atoms with Crippen LogP contribution >= 0.6 is 0 Å². The second kappa shape index (κ2) is 4.78. The number of rotatable bonds is 4. The van der Waals surface area contributed by atoms with E-state index in [1.54, 1.807) is 6.20 Å². The van der Waals surface area contributed by atoms with E-state index in [2.05, 4.69) is 35.6 Å². The Hall–Kier alpha value is -1.16. The number of anilines is 1. The minimum absolute atomic E-state index is 0.00695. The Morgan fingerprint density at radius 2 is 2.06 bits per heavy atom. The normalized spacial score (nSPS) is 11.6. The lowest BCUT2D eigenvalue weighted by atomic mass is 10.0. The van der Waals surface area contributed by atoms with Gasteiger partial charge in [0, 0.05) is 30.0 Å². The van der Waals surface area contributed by atoms with Crippen LogP contribution in [0.3, 0.4) is 0 Å². The smallest absolute Gasteiger partial charge is 0.225 e. The summed E-state index contributed by atoms with van der Waals surface area (Å²) in [6.07, 6.45) is 2.72. The van der Waals surface area contributed by atoms with Gasteiger partial charge in [0.15, 0.2) is 0 Å². The van der Waals surface area contributed by atoms with Gasteiger partial charge in [0.05, 0.1) is 6.61 Å². The zero-order chi connectivity index (χ0) is 12.3. The number of aliphatic hydroxyl groups is 1. The Morgan fingerprint density at radius 1 is 1.44 bits per heavy atom. The lowest BCUT2D eigenvalue weighted by Crippen LogP contribution is -2.41. The quantitative estimate of drug-likeness (QED) is 0.847. The van der Waals surface area contributed by atoms with E-state index in [1.165, 1.54) is 0 Å². The molecule has 4 heteroatoms. The highest BCUT2D eigenvalue weighted by Crippen LogP contribution is 2.21. The molecule has 16 heavy (non-hydrogen) atoms. The summed E-state index contributed by atoms with van der Waals surface area (Å²) in [6.45, 7) is 8.35. The zero-order valence-electron chi connectivity index (χ0n) is 10.8. The van der Waals surface area contributed by atoms with Crippen LogP contribution in [0.25, 0.3) is 0 Å². The molecule has 0 amide bonds. The summed E-state index contributed by atoms with van der Waals surface area (Å²) in [5, 5.41) is 9.06. The summed E-state index contributed by atoms with van der Waals surface area (Å²) in [6, 6.07) is 0. The van der Waals surface area contributed by atoms with Crippen molar-refractivity contribution in [3.05, 3.63) is 17.5 Å². The maximum atomic E-state index is 9.06. The van der Waals surface area contributed by atoms with E-state index in [1.807, 2.05) is 14.0 Å². The Kier molecular flexibility index (Phi) is 3.86. The molecule has 1 aromatic rings. The fraction of sp³-hybridized carbons (Fsp3) is 0.667. The first kappa shape index (κ1) is 12.9. The molecule has 0 saturated carbocycles. The average molecular weight is 223 g/mol. The molecular weight excluding hydrogens is 202 g/mol. The van der Waals surface area contributed by atoms with Gasteiger partial charge in [-0.2, -0.15) is 0 Å².